The molecule has 1 heterocycles. The summed E-state index contributed by atoms with van der Waals surface area (Å²) in [7, 11) is -2.49. The Morgan fingerprint density at radius 3 is 2.40 bits per heavy atom. The minimum atomic E-state index is -2.49. The van der Waals surface area contributed by atoms with E-state index in [2.05, 4.69) is 17.1 Å². The van der Waals surface area contributed by atoms with E-state index in [-0.39, 0.29) is 36.9 Å². The van der Waals surface area contributed by atoms with Gasteiger partial charge in [-0.25, -0.2) is 4.39 Å². The number of carboxylic acid groups (broad SMARTS) is 1. The van der Waals surface area contributed by atoms with Crippen molar-refractivity contribution >= 4 is 33.6 Å². The van der Waals surface area contributed by atoms with Gasteiger partial charge in [0.1, 0.15) is 5.82 Å². The molecule has 4 N–H and O–H groups in total. The Morgan fingerprint density at radius 2 is 1.83 bits per heavy atom. The highest BCUT2D eigenvalue weighted by molar-refractivity contribution is 8.24. The van der Waals surface area contributed by atoms with Gasteiger partial charge in [-0.15, -0.1) is 0 Å². The Kier molecular flexibility index (Phi) is 9.40. The molecule has 0 bridgehead atoms. The molecule has 194 valence electrons. The molecular weight excluding hydrogens is 471 g/mol. The zero-order chi connectivity index (χ0) is 25.6. The van der Waals surface area contributed by atoms with Crippen molar-refractivity contribution in [2.24, 2.45) is 0 Å². The summed E-state index contributed by atoms with van der Waals surface area (Å²) in [5.41, 5.74) is 3.28. The van der Waals surface area contributed by atoms with E-state index < -0.39 is 16.6 Å². The van der Waals surface area contributed by atoms with Gasteiger partial charge in [0.15, 0.2) is 0 Å². The van der Waals surface area contributed by atoms with Gasteiger partial charge in [-0.2, -0.15) is 10.6 Å². The van der Waals surface area contributed by atoms with Crippen molar-refractivity contribution in [1.29, 1.82) is 0 Å². The lowest BCUT2D eigenvalue weighted by atomic mass is 9.94. The largest absolute Gasteiger partial charge is 0.481 e. The molecule has 0 unspecified atom stereocenters. The molecule has 9 heteroatoms. The molecule has 1 aliphatic heterocycles. The SMILES string of the molecule is CCN(c1ccc([C@@H](COC(C)C)CC(=O)O)cc1Nc1ccc(F)cc1)C1CCS(O)(O)CC1. The Balaban J connectivity index is 1.98. The third-order valence-corrected chi connectivity index (χ3v) is 8.09. The molecule has 0 aliphatic carbocycles. The van der Waals surface area contributed by atoms with E-state index in [0.717, 1.165) is 23.5 Å². The number of carbonyl (C=O) groups is 1. The Bertz CT molecular complexity index is 976. The first-order chi connectivity index (χ1) is 16.6. The standard InChI is InChI=1S/C26H37FN2O5S/c1-4-29(23-11-13-35(32,33)14-12-23)25-10-5-19(20(16-26(30)31)17-34-18(2)3)15-24(25)28-22-8-6-21(27)7-9-22/h5-10,15,18,20,23,28,32-33H,4,11-14,16-17H2,1-3H3,(H,30,31)/t20-/m1/s1. The molecule has 3 rings (SSSR count). The summed E-state index contributed by atoms with van der Waals surface area (Å²) >= 11 is 0. The highest BCUT2D eigenvalue weighted by Gasteiger charge is 2.29. The van der Waals surface area contributed by atoms with Crippen LogP contribution in [0.1, 0.15) is 51.5 Å². The van der Waals surface area contributed by atoms with Crippen LogP contribution in [0.5, 0.6) is 0 Å². The maximum absolute atomic E-state index is 13.5. The smallest absolute Gasteiger partial charge is 0.304 e. The number of ether oxygens (including phenoxy) is 1. The van der Waals surface area contributed by atoms with Crippen LogP contribution >= 0.6 is 10.6 Å². The van der Waals surface area contributed by atoms with Crippen molar-refractivity contribution in [1.82, 2.24) is 0 Å². The third-order valence-electron chi connectivity index (χ3n) is 6.31. The molecule has 1 fully saturated rings. The molecule has 7 nitrogen and oxygen atoms in total. The molecule has 1 saturated heterocycles. The normalized spacial score (nSPS) is 17.7. The molecule has 0 saturated carbocycles. The number of aliphatic carboxylic acids is 1. The summed E-state index contributed by atoms with van der Waals surface area (Å²) in [4.78, 5) is 13.8. The lowest BCUT2D eigenvalue weighted by Gasteiger charge is -2.44. The van der Waals surface area contributed by atoms with Gasteiger partial charge in [-0.3, -0.25) is 13.9 Å². The molecule has 2 aromatic carbocycles. The number of anilines is 3. The zero-order valence-corrected chi connectivity index (χ0v) is 21.4. The predicted molar refractivity (Wildman–Crippen MR) is 141 cm³/mol. The van der Waals surface area contributed by atoms with Gasteiger partial charge in [0, 0.05) is 35.7 Å². The fraction of sp³-hybridized carbons (Fsp3) is 0.500. The van der Waals surface area contributed by atoms with Gasteiger partial charge in [0.25, 0.3) is 0 Å². The fourth-order valence-electron chi connectivity index (χ4n) is 4.47. The number of rotatable bonds is 11. The van der Waals surface area contributed by atoms with E-state index in [1.807, 2.05) is 32.0 Å². The number of hydrogen-bond donors (Lipinski definition) is 4. The van der Waals surface area contributed by atoms with Crippen LogP contribution in [0.3, 0.4) is 0 Å². The first kappa shape index (κ1) is 27.3. The number of halogens is 1. The second-order valence-corrected chi connectivity index (χ2v) is 11.7. The van der Waals surface area contributed by atoms with Crippen LogP contribution in [0.2, 0.25) is 0 Å². The van der Waals surface area contributed by atoms with Crippen LogP contribution in [0.4, 0.5) is 21.5 Å². The van der Waals surface area contributed by atoms with Crippen molar-refractivity contribution in [2.75, 3.05) is 34.9 Å². The topological polar surface area (TPSA) is 102 Å². The predicted octanol–water partition coefficient (Wildman–Crippen LogP) is 6.29. The lowest BCUT2D eigenvalue weighted by molar-refractivity contribution is -0.138. The highest BCUT2D eigenvalue weighted by atomic mass is 32.3. The Hall–Kier alpha value is -2.33. The molecule has 0 amide bonds. The second-order valence-electron chi connectivity index (χ2n) is 9.31. The third kappa shape index (κ3) is 7.83. The second kappa shape index (κ2) is 12.1. The first-order valence-electron chi connectivity index (χ1n) is 12.1. The van der Waals surface area contributed by atoms with Crippen LogP contribution in [0.15, 0.2) is 42.5 Å². The highest BCUT2D eigenvalue weighted by Crippen LogP contribution is 2.46. The van der Waals surface area contributed by atoms with Crippen LogP contribution in [-0.4, -0.2) is 57.0 Å². The maximum atomic E-state index is 13.5. The Morgan fingerprint density at radius 1 is 1.17 bits per heavy atom. The van der Waals surface area contributed by atoms with Crippen molar-refractivity contribution in [2.45, 2.75) is 58.1 Å². The summed E-state index contributed by atoms with van der Waals surface area (Å²) in [5.74, 6) is -0.764. The van der Waals surface area contributed by atoms with Crippen molar-refractivity contribution in [3.8, 4) is 0 Å². The van der Waals surface area contributed by atoms with E-state index in [1.165, 1.54) is 12.1 Å². The molecular formula is C26H37FN2O5S. The van der Waals surface area contributed by atoms with Gasteiger partial charge < -0.3 is 20.1 Å². The number of carboxylic acids is 1. The maximum Gasteiger partial charge on any atom is 0.304 e. The van der Waals surface area contributed by atoms with Crippen molar-refractivity contribution < 1.29 is 28.1 Å². The first-order valence-corrected chi connectivity index (χ1v) is 14.0. The van der Waals surface area contributed by atoms with E-state index in [0.29, 0.717) is 30.0 Å². The van der Waals surface area contributed by atoms with Crippen LogP contribution < -0.4 is 10.2 Å². The summed E-state index contributed by atoms with van der Waals surface area (Å²) in [6.07, 6.45) is 1.28. The number of hydrogen-bond acceptors (Lipinski definition) is 6. The quantitative estimate of drug-likeness (QED) is 0.283. The van der Waals surface area contributed by atoms with E-state index in [1.54, 1.807) is 12.1 Å². The van der Waals surface area contributed by atoms with E-state index in [4.69, 9.17) is 4.74 Å². The average molecular weight is 509 g/mol. The zero-order valence-electron chi connectivity index (χ0n) is 20.6. The average Bonchev–Trinajstić information content (AvgIpc) is 2.80. The summed E-state index contributed by atoms with van der Waals surface area (Å²) < 4.78 is 39.4. The van der Waals surface area contributed by atoms with Gasteiger partial charge in [0.05, 0.1) is 30.5 Å². The van der Waals surface area contributed by atoms with Crippen LogP contribution in [-0.2, 0) is 9.53 Å². The molecule has 2 aromatic rings. The van der Waals surface area contributed by atoms with E-state index in [9.17, 15) is 23.4 Å². The molecule has 0 spiro atoms. The van der Waals surface area contributed by atoms with Crippen molar-refractivity contribution in [3.63, 3.8) is 0 Å². The lowest BCUT2D eigenvalue weighted by Crippen LogP contribution is -2.40. The minimum Gasteiger partial charge on any atom is -0.481 e. The Labute approximate surface area is 208 Å². The van der Waals surface area contributed by atoms with E-state index >= 15 is 0 Å². The number of benzene rings is 2. The summed E-state index contributed by atoms with van der Waals surface area (Å²) in [5, 5.41) is 12.9. The van der Waals surface area contributed by atoms with Gasteiger partial charge in [0.2, 0.25) is 0 Å². The molecule has 35 heavy (non-hydrogen) atoms. The van der Waals surface area contributed by atoms with Gasteiger partial charge in [-0.05, 0) is 75.6 Å². The minimum absolute atomic E-state index is 0.0171. The number of nitrogens with zero attached hydrogens (tertiary/aromatic N) is 1. The monoisotopic (exact) mass is 508 g/mol. The summed E-state index contributed by atoms with van der Waals surface area (Å²) in [6, 6.07) is 12.1. The van der Waals surface area contributed by atoms with Gasteiger partial charge >= 0.3 is 5.97 Å². The van der Waals surface area contributed by atoms with Gasteiger partial charge in [-0.1, -0.05) is 6.07 Å². The van der Waals surface area contributed by atoms with Crippen LogP contribution in [0.25, 0.3) is 0 Å². The molecule has 1 aliphatic rings. The molecule has 1 atom stereocenters. The van der Waals surface area contributed by atoms with Crippen molar-refractivity contribution in [3.05, 3.63) is 53.8 Å². The fourth-order valence-corrected chi connectivity index (χ4v) is 5.98. The number of nitrogens with one attached hydrogen (secondary N) is 1. The summed E-state index contributed by atoms with van der Waals surface area (Å²) in [6.45, 7) is 6.90. The molecule has 0 radical (unpaired) electrons. The van der Waals surface area contributed by atoms with Crippen LogP contribution in [0, 0.1) is 5.82 Å². The molecule has 0 aromatic heterocycles.